The average molecular weight is 543 g/mol. The van der Waals surface area contributed by atoms with Crippen LogP contribution >= 0.6 is 0 Å². The summed E-state index contributed by atoms with van der Waals surface area (Å²) in [6, 6.07) is 39.2. The van der Waals surface area contributed by atoms with Crippen molar-refractivity contribution in [3.8, 4) is 0 Å². The van der Waals surface area contributed by atoms with Crippen LogP contribution in [0.4, 0.5) is 4.39 Å². The van der Waals surface area contributed by atoms with Gasteiger partial charge in [-0.2, -0.15) is 0 Å². The Hall–Kier alpha value is -3.39. The van der Waals surface area contributed by atoms with Crippen molar-refractivity contribution in [3.05, 3.63) is 144 Å². The molecule has 0 spiro atoms. The molecule has 0 aromatic heterocycles. The van der Waals surface area contributed by atoms with Gasteiger partial charge < -0.3 is 23.7 Å². The Bertz CT molecular complexity index is 1240. The van der Waals surface area contributed by atoms with E-state index in [4.69, 9.17) is 23.7 Å². The maximum atomic E-state index is 15.7. The lowest BCUT2D eigenvalue weighted by atomic mass is 9.98. The summed E-state index contributed by atoms with van der Waals surface area (Å²) < 4.78 is 46.6. The minimum Gasteiger partial charge on any atom is -0.374 e. The van der Waals surface area contributed by atoms with Gasteiger partial charge in [-0.15, -0.1) is 0 Å². The van der Waals surface area contributed by atoms with Crippen molar-refractivity contribution < 1.29 is 28.1 Å². The second-order valence-electron chi connectivity index (χ2n) is 9.81. The van der Waals surface area contributed by atoms with Crippen LogP contribution in [0.15, 0.2) is 121 Å². The Labute approximate surface area is 235 Å². The largest absolute Gasteiger partial charge is 0.374 e. The molecule has 4 aromatic rings. The molecule has 5 nitrogen and oxygen atoms in total. The van der Waals surface area contributed by atoms with Gasteiger partial charge in [-0.3, -0.25) is 0 Å². The van der Waals surface area contributed by atoms with Crippen molar-refractivity contribution >= 4 is 0 Å². The average Bonchev–Trinajstić information content (AvgIpc) is 3.01. The Morgan fingerprint density at radius 2 is 0.850 bits per heavy atom. The number of benzene rings is 4. The number of halogens is 1. The molecule has 1 saturated heterocycles. The van der Waals surface area contributed by atoms with Gasteiger partial charge in [-0.1, -0.05) is 121 Å². The molecule has 6 heteroatoms. The highest BCUT2D eigenvalue weighted by atomic mass is 19.1. The summed E-state index contributed by atoms with van der Waals surface area (Å²) >= 11 is 0. The smallest absolute Gasteiger partial charge is 0.228 e. The van der Waals surface area contributed by atoms with Gasteiger partial charge in [0.15, 0.2) is 0 Å². The van der Waals surface area contributed by atoms with Crippen LogP contribution in [0.1, 0.15) is 22.3 Å². The Morgan fingerprint density at radius 1 is 0.475 bits per heavy atom. The highest BCUT2D eigenvalue weighted by Gasteiger charge is 2.48. The van der Waals surface area contributed by atoms with Crippen molar-refractivity contribution in [1.82, 2.24) is 0 Å². The number of ether oxygens (including phenoxy) is 5. The standard InChI is InChI=1S/C34H35FO5/c35-34-33(39-24-29-19-11-4-12-20-29)32(38-23-28-17-9-3-10-18-28)31(37-22-27-15-7-2-8-16-27)30(40-34)25-36-21-26-13-5-1-6-14-26/h1-20,30-34H,21-25H2/t30-,31-,32+,33-,34-/m1/s1. The van der Waals surface area contributed by atoms with Gasteiger partial charge in [-0.05, 0) is 22.3 Å². The van der Waals surface area contributed by atoms with Crippen molar-refractivity contribution in [3.63, 3.8) is 0 Å². The highest BCUT2D eigenvalue weighted by Crippen LogP contribution is 2.31. The van der Waals surface area contributed by atoms with Crippen LogP contribution in [0, 0.1) is 0 Å². The van der Waals surface area contributed by atoms with Crippen molar-refractivity contribution in [2.45, 2.75) is 57.2 Å². The fourth-order valence-electron chi connectivity index (χ4n) is 4.73. The summed E-state index contributed by atoms with van der Waals surface area (Å²) in [7, 11) is 0. The third-order valence-corrected chi connectivity index (χ3v) is 6.83. The SMILES string of the molecule is F[C@@H]1O[C@H](COCc2ccccc2)[C@@H](OCc2ccccc2)[C@H](OCc2ccccc2)[C@H]1OCc1ccccc1. The Balaban J connectivity index is 1.36. The van der Waals surface area contributed by atoms with E-state index < -0.39 is 30.8 Å². The molecule has 208 valence electrons. The molecule has 5 rings (SSSR count). The van der Waals surface area contributed by atoms with Crippen LogP contribution in [0.2, 0.25) is 0 Å². The second-order valence-corrected chi connectivity index (χ2v) is 9.81. The molecular formula is C34H35FO5. The molecule has 0 saturated carbocycles. The zero-order valence-electron chi connectivity index (χ0n) is 22.4. The van der Waals surface area contributed by atoms with E-state index >= 15 is 4.39 Å². The number of hydrogen-bond donors (Lipinski definition) is 0. The van der Waals surface area contributed by atoms with Gasteiger partial charge in [0, 0.05) is 0 Å². The Kier molecular flexibility index (Phi) is 10.4. The summed E-state index contributed by atoms with van der Waals surface area (Å²) in [5.41, 5.74) is 3.94. The third kappa shape index (κ3) is 8.07. The Morgan fingerprint density at radius 3 is 1.30 bits per heavy atom. The zero-order valence-corrected chi connectivity index (χ0v) is 22.4. The normalized spacial score (nSPS) is 22.7. The first-order chi connectivity index (χ1) is 19.8. The first-order valence-corrected chi connectivity index (χ1v) is 13.6. The predicted octanol–water partition coefficient (Wildman–Crippen LogP) is 6.65. The predicted molar refractivity (Wildman–Crippen MR) is 151 cm³/mol. The maximum absolute atomic E-state index is 15.7. The molecule has 1 heterocycles. The quantitative estimate of drug-likeness (QED) is 0.189. The van der Waals surface area contributed by atoms with Gasteiger partial charge in [0.05, 0.1) is 33.0 Å². The van der Waals surface area contributed by atoms with Crippen LogP contribution in [-0.2, 0) is 50.1 Å². The van der Waals surface area contributed by atoms with E-state index in [1.807, 2.05) is 121 Å². The molecule has 0 radical (unpaired) electrons. The first kappa shape index (κ1) is 28.1. The van der Waals surface area contributed by atoms with Gasteiger partial charge in [0.25, 0.3) is 0 Å². The van der Waals surface area contributed by atoms with Crippen LogP contribution in [-0.4, -0.2) is 37.4 Å². The third-order valence-electron chi connectivity index (χ3n) is 6.83. The number of rotatable bonds is 13. The van der Waals surface area contributed by atoms with E-state index in [1.165, 1.54) is 0 Å². The summed E-state index contributed by atoms with van der Waals surface area (Å²) in [6.07, 6.45) is -4.77. The summed E-state index contributed by atoms with van der Waals surface area (Å²) in [6.45, 7) is 1.35. The highest BCUT2D eigenvalue weighted by molar-refractivity contribution is 5.16. The number of hydrogen-bond acceptors (Lipinski definition) is 5. The molecule has 1 aliphatic rings. The molecule has 1 fully saturated rings. The lowest BCUT2D eigenvalue weighted by Crippen LogP contribution is -2.60. The first-order valence-electron chi connectivity index (χ1n) is 13.6. The molecule has 1 aliphatic heterocycles. The molecule has 0 bridgehead atoms. The molecular weight excluding hydrogens is 507 g/mol. The van der Waals surface area contributed by atoms with E-state index in [-0.39, 0.29) is 19.8 Å². The molecule has 4 aromatic carbocycles. The fourth-order valence-corrected chi connectivity index (χ4v) is 4.73. The van der Waals surface area contributed by atoms with Gasteiger partial charge in [-0.25, -0.2) is 4.39 Å². The van der Waals surface area contributed by atoms with Crippen molar-refractivity contribution in [1.29, 1.82) is 0 Å². The molecule has 5 atom stereocenters. The second kappa shape index (κ2) is 14.8. The maximum Gasteiger partial charge on any atom is 0.228 e. The van der Waals surface area contributed by atoms with Crippen LogP contribution in [0.25, 0.3) is 0 Å². The minimum absolute atomic E-state index is 0.144. The van der Waals surface area contributed by atoms with Crippen molar-refractivity contribution in [2.24, 2.45) is 0 Å². The number of alkyl halides is 1. The van der Waals surface area contributed by atoms with E-state index in [1.54, 1.807) is 0 Å². The van der Waals surface area contributed by atoms with Crippen molar-refractivity contribution in [2.75, 3.05) is 6.61 Å². The van der Waals surface area contributed by atoms with Gasteiger partial charge in [0.2, 0.25) is 6.36 Å². The topological polar surface area (TPSA) is 46.2 Å². The monoisotopic (exact) mass is 542 g/mol. The van der Waals surface area contributed by atoms with Crippen LogP contribution in [0.5, 0.6) is 0 Å². The lowest BCUT2D eigenvalue weighted by molar-refractivity contribution is -0.298. The fraction of sp³-hybridized carbons (Fsp3) is 0.294. The van der Waals surface area contributed by atoms with Crippen LogP contribution < -0.4 is 0 Å². The molecule has 0 aliphatic carbocycles. The van der Waals surface area contributed by atoms with Gasteiger partial charge >= 0.3 is 0 Å². The summed E-state index contributed by atoms with van der Waals surface area (Å²) in [5.74, 6) is 0. The molecule has 0 N–H and O–H groups in total. The van der Waals surface area contributed by atoms with E-state index in [2.05, 4.69) is 0 Å². The lowest BCUT2D eigenvalue weighted by Gasteiger charge is -2.43. The van der Waals surface area contributed by atoms with Gasteiger partial charge in [0.1, 0.15) is 24.4 Å². The van der Waals surface area contributed by atoms with E-state index in [0.29, 0.717) is 13.2 Å². The summed E-state index contributed by atoms with van der Waals surface area (Å²) in [5, 5.41) is 0. The van der Waals surface area contributed by atoms with Crippen LogP contribution in [0.3, 0.4) is 0 Å². The molecule has 40 heavy (non-hydrogen) atoms. The van der Waals surface area contributed by atoms with E-state index in [0.717, 1.165) is 22.3 Å². The van der Waals surface area contributed by atoms with E-state index in [9.17, 15) is 0 Å². The molecule has 0 unspecified atom stereocenters. The zero-order chi connectivity index (χ0) is 27.4. The minimum atomic E-state index is -1.72. The summed E-state index contributed by atoms with van der Waals surface area (Å²) in [4.78, 5) is 0. The molecule has 0 amide bonds.